The van der Waals surface area contributed by atoms with E-state index in [4.69, 9.17) is 9.26 Å². The Balaban J connectivity index is 1.64. The molecule has 0 unspecified atom stereocenters. The number of benzene rings is 1. The first-order chi connectivity index (χ1) is 10.4. The van der Waals surface area contributed by atoms with Gasteiger partial charge in [-0.1, -0.05) is 17.3 Å². The highest BCUT2D eigenvalue weighted by molar-refractivity contribution is 5.92. The van der Waals surface area contributed by atoms with E-state index in [1.54, 1.807) is 6.92 Å². The Morgan fingerprint density at radius 3 is 2.95 bits per heavy atom. The lowest BCUT2D eigenvalue weighted by molar-refractivity contribution is -0.116. The van der Waals surface area contributed by atoms with Gasteiger partial charge in [-0.05, 0) is 26.8 Å². The number of ether oxygens (including phenoxy) is 1. The smallest absolute Gasteiger partial charge is 0.227 e. The number of aromatic nitrogens is 2. The lowest BCUT2D eigenvalue weighted by atomic mass is 10.0. The van der Waals surface area contributed by atoms with E-state index in [-0.39, 0.29) is 17.9 Å². The predicted octanol–water partition coefficient (Wildman–Crippen LogP) is 2.66. The largest absolute Gasteiger partial charge is 0.485 e. The van der Waals surface area contributed by atoms with Gasteiger partial charge in [-0.25, -0.2) is 0 Å². The van der Waals surface area contributed by atoms with E-state index in [1.165, 1.54) is 0 Å². The van der Waals surface area contributed by atoms with Gasteiger partial charge < -0.3 is 14.6 Å². The van der Waals surface area contributed by atoms with E-state index in [0.717, 1.165) is 23.4 Å². The van der Waals surface area contributed by atoms with Crippen molar-refractivity contribution in [3.63, 3.8) is 0 Å². The lowest BCUT2D eigenvalue weighted by Gasteiger charge is -2.18. The van der Waals surface area contributed by atoms with Gasteiger partial charge in [0.1, 0.15) is 11.4 Å². The number of fused-ring (bicyclic) bond motifs is 1. The highest BCUT2D eigenvalue weighted by Gasteiger charge is 2.31. The van der Waals surface area contributed by atoms with Crippen LogP contribution in [0.2, 0.25) is 0 Å². The molecule has 0 fully saturated rings. The summed E-state index contributed by atoms with van der Waals surface area (Å²) in [6.45, 7) is 5.83. The summed E-state index contributed by atoms with van der Waals surface area (Å²) >= 11 is 0. The Morgan fingerprint density at radius 1 is 1.41 bits per heavy atom. The number of aryl methyl sites for hydroxylation is 2. The molecule has 22 heavy (non-hydrogen) atoms. The van der Waals surface area contributed by atoms with Crippen molar-refractivity contribution in [3.8, 4) is 5.75 Å². The van der Waals surface area contributed by atoms with E-state index in [0.29, 0.717) is 18.1 Å². The van der Waals surface area contributed by atoms with Crippen LogP contribution in [-0.2, 0) is 17.6 Å². The molecule has 1 aromatic heterocycles. The first kappa shape index (κ1) is 14.6. The number of anilines is 1. The molecule has 1 N–H and O–H groups in total. The summed E-state index contributed by atoms with van der Waals surface area (Å²) in [6, 6.07) is 5.82. The molecule has 2 aromatic rings. The fourth-order valence-electron chi connectivity index (χ4n) is 2.59. The Kier molecular flexibility index (Phi) is 3.60. The Bertz CT molecular complexity index is 706. The number of hydrogen-bond donors (Lipinski definition) is 1. The van der Waals surface area contributed by atoms with Crippen LogP contribution in [0.3, 0.4) is 0 Å². The van der Waals surface area contributed by atoms with Crippen molar-refractivity contribution in [1.82, 2.24) is 10.1 Å². The zero-order valence-corrected chi connectivity index (χ0v) is 13.0. The molecular weight excluding hydrogens is 282 g/mol. The van der Waals surface area contributed by atoms with Crippen LogP contribution in [0, 0.1) is 6.92 Å². The number of amides is 1. The molecule has 0 saturated carbocycles. The summed E-state index contributed by atoms with van der Waals surface area (Å²) in [6.07, 6.45) is 1.55. The second-order valence-electron chi connectivity index (χ2n) is 6.12. The van der Waals surface area contributed by atoms with Crippen LogP contribution >= 0.6 is 0 Å². The van der Waals surface area contributed by atoms with Crippen LogP contribution < -0.4 is 10.1 Å². The number of para-hydroxylation sites is 1. The van der Waals surface area contributed by atoms with Crippen LogP contribution in [0.25, 0.3) is 0 Å². The highest BCUT2D eigenvalue weighted by atomic mass is 16.5. The molecule has 3 rings (SSSR count). The first-order valence-electron chi connectivity index (χ1n) is 7.33. The molecule has 2 heterocycles. The second-order valence-corrected chi connectivity index (χ2v) is 6.12. The van der Waals surface area contributed by atoms with Crippen molar-refractivity contribution in [2.45, 2.75) is 45.6 Å². The van der Waals surface area contributed by atoms with E-state index < -0.39 is 0 Å². The molecule has 0 atom stereocenters. The number of nitrogens with zero attached hydrogens (tertiary/aromatic N) is 2. The zero-order valence-electron chi connectivity index (χ0n) is 13.0. The van der Waals surface area contributed by atoms with E-state index in [1.807, 2.05) is 32.0 Å². The average Bonchev–Trinajstić information content (AvgIpc) is 2.99. The Labute approximate surface area is 128 Å². The molecule has 0 saturated heterocycles. The topological polar surface area (TPSA) is 77.2 Å². The van der Waals surface area contributed by atoms with Gasteiger partial charge in [-0.15, -0.1) is 0 Å². The minimum Gasteiger partial charge on any atom is -0.485 e. The molecule has 1 aliphatic heterocycles. The third kappa shape index (κ3) is 3.10. The van der Waals surface area contributed by atoms with Crippen LogP contribution in [-0.4, -0.2) is 21.6 Å². The fourth-order valence-corrected chi connectivity index (χ4v) is 2.59. The quantitative estimate of drug-likeness (QED) is 0.939. The van der Waals surface area contributed by atoms with Gasteiger partial charge in [0.25, 0.3) is 0 Å². The van der Waals surface area contributed by atoms with Crippen molar-refractivity contribution >= 4 is 11.6 Å². The molecule has 0 spiro atoms. The molecule has 0 aliphatic carbocycles. The Morgan fingerprint density at radius 2 is 2.23 bits per heavy atom. The van der Waals surface area contributed by atoms with Crippen LogP contribution in [0.1, 0.15) is 37.5 Å². The molecule has 0 radical (unpaired) electrons. The van der Waals surface area contributed by atoms with Gasteiger partial charge in [0.05, 0.1) is 5.69 Å². The normalized spacial score (nSPS) is 15.2. The summed E-state index contributed by atoms with van der Waals surface area (Å²) in [7, 11) is 0. The first-order valence-corrected chi connectivity index (χ1v) is 7.33. The van der Waals surface area contributed by atoms with Crippen molar-refractivity contribution < 1.29 is 14.1 Å². The van der Waals surface area contributed by atoms with Crippen molar-refractivity contribution in [2.75, 3.05) is 5.32 Å². The minimum atomic E-state index is -0.232. The van der Waals surface area contributed by atoms with Gasteiger partial charge >= 0.3 is 0 Å². The summed E-state index contributed by atoms with van der Waals surface area (Å²) < 4.78 is 10.9. The third-order valence-electron chi connectivity index (χ3n) is 3.50. The summed E-state index contributed by atoms with van der Waals surface area (Å²) in [5.41, 5.74) is 1.61. The summed E-state index contributed by atoms with van der Waals surface area (Å²) in [5, 5.41) is 6.61. The minimum absolute atomic E-state index is 0.0995. The Hall–Kier alpha value is -2.37. The fraction of sp³-hybridized carbons (Fsp3) is 0.438. The van der Waals surface area contributed by atoms with Gasteiger partial charge in [0, 0.05) is 24.8 Å². The van der Waals surface area contributed by atoms with E-state index in [9.17, 15) is 4.79 Å². The lowest BCUT2D eigenvalue weighted by Crippen LogP contribution is -2.25. The standard InChI is InChI=1S/C16H19N3O3/c1-10-17-14(22-19-10)8-7-13(20)18-12-6-4-5-11-9-16(2,3)21-15(11)12/h4-6H,7-9H2,1-3H3,(H,18,20). The third-order valence-corrected chi connectivity index (χ3v) is 3.50. The van der Waals surface area contributed by atoms with Crippen molar-refractivity contribution in [3.05, 3.63) is 35.5 Å². The summed E-state index contributed by atoms with van der Waals surface area (Å²) in [4.78, 5) is 16.2. The van der Waals surface area contributed by atoms with Crippen LogP contribution in [0.5, 0.6) is 5.75 Å². The molecule has 6 heteroatoms. The van der Waals surface area contributed by atoms with Crippen LogP contribution in [0.15, 0.2) is 22.7 Å². The molecule has 1 aromatic carbocycles. The van der Waals surface area contributed by atoms with E-state index >= 15 is 0 Å². The monoisotopic (exact) mass is 301 g/mol. The van der Waals surface area contributed by atoms with Gasteiger partial charge in [0.15, 0.2) is 5.82 Å². The maximum atomic E-state index is 12.1. The maximum absolute atomic E-state index is 12.1. The molecular formula is C16H19N3O3. The second kappa shape index (κ2) is 5.44. The zero-order chi connectivity index (χ0) is 15.7. The molecule has 1 amide bonds. The van der Waals surface area contributed by atoms with Gasteiger partial charge in [-0.3, -0.25) is 4.79 Å². The number of nitrogens with one attached hydrogen (secondary N) is 1. The van der Waals surface area contributed by atoms with Gasteiger partial charge in [0.2, 0.25) is 11.8 Å². The molecule has 6 nitrogen and oxygen atoms in total. The average molecular weight is 301 g/mol. The molecule has 0 bridgehead atoms. The van der Waals surface area contributed by atoms with Crippen molar-refractivity contribution in [1.29, 1.82) is 0 Å². The molecule has 116 valence electrons. The molecule has 1 aliphatic rings. The highest BCUT2D eigenvalue weighted by Crippen LogP contribution is 2.40. The van der Waals surface area contributed by atoms with Gasteiger partial charge in [-0.2, -0.15) is 4.98 Å². The number of hydrogen-bond acceptors (Lipinski definition) is 5. The summed E-state index contributed by atoms with van der Waals surface area (Å²) in [5.74, 6) is 1.72. The number of rotatable bonds is 4. The maximum Gasteiger partial charge on any atom is 0.227 e. The van der Waals surface area contributed by atoms with E-state index in [2.05, 4.69) is 15.5 Å². The predicted molar refractivity (Wildman–Crippen MR) is 80.8 cm³/mol. The van der Waals surface area contributed by atoms with Crippen LogP contribution in [0.4, 0.5) is 5.69 Å². The van der Waals surface area contributed by atoms with Crippen molar-refractivity contribution in [2.24, 2.45) is 0 Å². The number of carbonyl (C=O) groups is 1. The number of carbonyl (C=O) groups excluding carboxylic acids is 1. The SMILES string of the molecule is Cc1noc(CCC(=O)Nc2cccc3c2OC(C)(C)C3)n1.